The van der Waals surface area contributed by atoms with E-state index in [4.69, 9.17) is 11.6 Å². The van der Waals surface area contributed by atoms with Gasteiger partial charge in [0.05, 0.1) is 16.2 Å². The molecule has 4 heteroatoms. The van der Waals surface area contributed by atoms with Gasteiger partial charge in [-0.1, -0.05) is 17.7 Å². The van der Waals surface area contributed by atoms with Crippen molar-refractivity contribution in [3.63, 3.8) is 0 Å². The number of H-pyrrole nitrogens is 1. The standard InChI is InChI=1S/C10H12ClN3/c1-6(12-2)10-9-7(11)4-3-5-8(9)13-14-10/h3-6,12H,1-2H3,(H,13,14). The smallest absolute Gasteiger partial charge is 0.0939 e. The van der Waals surface area contributed by atoms with Crippen molar-refractivity contribution >= 4 is 22.5 Å². The Morgan fingerprint density at radius 2 is 2.29 bits per heavy atom. The van der Waals surface area contributed by atoms with Crippen LogP contribution in [0.25, 0.3) is 10.9 Å². The van der Waals surface area contributed by atoms with E-state index < -0.39 is 0 Å². The van der Waals surface area contributed by atoms with E-state index in [9.17, 15) is 0 Å². The molecule has 2 aromatic rings. The van der Waals surface area contributed by atoms with Crippen LogP contribution in [-0.2, 0) is 0 Å². The first kappa shape index (κ1) is 9.49. The molecule has 0 saturated carbocycles. The van der Waals surface area contributed by atoms with Gasteiger partial charge in [-0.05, 0) is 26.1 Å². The minimum atomic E-state index is 0.222. The van der Waals surface area contributed by atoms with Gasteiger partial charge < -0.3 is 5.32 Å². The lowest BCUT2D eigenvalue weighted by Crippen LogP contribution is -2.12. The maximum Gasteiger partial charge on any atom is 0.0939 e. The van der Waals surface area contributed by atoms with Crippen molar-refractivity contribution in [1.82, 2.24) is 15.5 Å². The highest BCUT2D eigenvalue weighted by atomic mass is 35.5. The predicted molar refractivity (Wildman–Crippen MR) is 58.6 cm³/mol. The summed E-state index contributed by atoms with van der Waals surface area (Å²) >= 11 is 6.12. The van der Waals surface area contributed by atoms with E-state index in [2.05, 4.69) is 22.4 Å². The van der Waals surface area contributed by atoms with E-state index in [1.54, 1.807) is 0 Å². The molecule has 0 fully saturated rings. The summed E-state index contributed by atoms with van der Waals surface area (Å²) in [5.74, 6) is 0. The van der Waals surface area contributed by atoms with Gasteiger partial charge in [0.15, 0.2) is 0 Å². The molecule has 74 valence electrons. The molecule has 0 aliphatic rings. The largest absolute Gasteiger partial charge is 0.312 e. The first-order valence-electron chi connectivity index (χ1n) is 4.53. The summed E-state index contributed by atoms with van der Waals surface area (Å²) in [5.41, 5.74) is 1.95. The van der Waals surface area contributed by atoms with Crippen LogP contribution in [0.2, 0.25) is 5.02 Å². The van der Waals surface area contributed by atoms with Crippen LogP contribution >= 0.6 is 11.6 Å². The topological polar surface area (TPSA) is 40.7 Å². The molecule has 0 saturated heterocycles. The Morgan fingerprint density at radius 1 is 1.50 bits per heavy atom. The third-order valence-corrected chi connectivity index (χ3v) is 2.74. The van der Waals surface area contributed by atoms with Crippen molar-refractivity contribution < 1.29 is 0 Å². The fraction of sp³-hybridized carbons (Fsp3) is 0.300. The minimum Gasteiger partial charge on any atom is -0.312 e. The number of aromatic nitrogens is 2. The summed E-state index contributed by atoms with van der Waals surface area (Å²) in [6, 6.07) is 5.95. The van der Waals surface area contributed by atoms with Crippen molar-refractivity contribution in [2.75, 3.05) is 7.05 Å². The van der Waals surface area contributed by atoms with Gasteiger partial charge in [-0.25, -0.2) is 0 Å². The molecule has 1 atom stereocenters. The van der Waals surface area contributed by atoms with Crippen molar-refractivity contribution in [2.45, 2.75) is 13.0 Å². The number of aromatic amines is 1. The van der Waals surface area contributed by atoms with Gasteiger partial charge in [-0.3, -0.25) is 5.10 Å². The van der Waals surface area contributed by atoms with Crippen LogP contribution in [0.3, 0.4) is 0 Å². The van der Waals surface area contributed by atoms with Gasteiger partial charge in [-0.15, -0.1) is 0 Å². The van der Waals surface area contributed by atoms with Crippen LogP contribution in [0, 0.1) is 0 Å². The van der Waals surface area contributed by atoms with Gasteiger partial charge >= 0.3 is 0 Å². The van der Waals surface area contributed by atoms with E-state index in [-0.39, 0.29) is 6.04 Å². The van der Waals surface area contributed by atoms with Crippen LogP contribution in [0.4, 0.5) is 0 Å². The number of halogens is 1. The van der Waals surface area contributed by atoms with E-state index in [1.807, 2.05) is 25.2 Å². The van der Waals surface area contributed by atoms with Gasteiger partial charge in [0, 0.05) is 11.4 Å². The fourth-order valence-corrected chi connectivity index (χ4v) is 1.78. The molecule has 2 N–H and O–H groups in total. The second-order valence-electron chi connectivity index (χ2n) is 3.28. The number of hydrogen-bond acceptors (Lipinski definition) is 2. The lowest BCUT2D eigenvalue weighted by Gasteiger charge is -2.08. The summed E-state index contributed by atoms with van der Waals surface area (Å²) < 4.78 is 0. The van der Waals surface area contributed by atoms with Gasteiger partial charge in [0.1, 0.15) is 0 Å². The minimum absolute atomic E-state index is 0.222. The number of benzene rings is 1. The average Bonchev–Trinajstić information content (AvgIpc) is 2.62. The number of fused-ring (bicyclic) bond motifs is 1. The van der Waals surface area contributed by atoms with Gasteiger partial charge in [0.2, 0.25) is 0 Å². The summed E-state index contributed by atoms with van der Waals surface area (Å²) in [5, 5.41) is 12.1. The molecule has 14 heavy (non-hydrogen) atoms. The zero-order valence-electron chi connectivity index (χ0n) is 8.13. The lowest BCUT2D eigenvalue weighted by molar-refractivity contribution is 0.634. The van der Waals surface area contributed by atoms with Crippen LogP contribution in [0.15, 0.2) is 18.2 Å². The third kappa shape index (κ3) is 1.38. The molecule has 2 rings (SSSR count). The summed E-state index contributed by atoms with van der Waals surface area (Å²) in [4.78, 5) is 0. The second-order valence-corrected chi connectivity index (χ2v) is 3.69. The zero-order chi connectivity index (χ0) is 10.1. The molecule has 3 nitrogen and oxygen atoms in total. The summed E-state index contributed by atoms with van der Waals surface area (Å²) in [6.07, 6.45) is 0. The first-order valence-corrected chi connectivity index (χ1v) is 4.91. The Kier molecular flexibility index (Phi) is 2.44. The Labute approximate surface area is 87.5 Å². The first-order chi connectivity index (χ1) is 6.74. The highest BCUT2D eigenvalue weighted by Gasteiger charge is 2.12. The quantitative estimate of drug-likeness (QED) is 0.798. The van der Waals surface area contributed by atoms with Crippen LogP contribution in [0.1, 0.15) is 18.7 Å². The molecule has 0 amide bonds. The van der Waals surface area contributed by atoms with Crippen molar-refractivity contribution in [1.29, 1.82) is 0 Å². The highest BCUT2D eigenvalue weighted by molar-refractivity contribution is 6.35. The zero-order valence-corrected chi connectivity index (χ0v) is 8.89. The van der Waals surface area contributed by atoms with E-state index in [0.29, 0.717) is 0 Å². The molecule has 1 aromatic heterocycles. The molecule has 0 aliphatic carbocycles. The SMILES string of the molecule is CNC(C)c1[nH]nc2cccc(Cl)c12. The Balaban J connectivity index is 2.67. The number of nitrogens with zero attached hydrogens (tertiary/aromatic N) is 1. The molecule has 1 aromatic carbocycles. The molecule has 1 heterocycles. The molecule has 0 radical (unpaired) electrons. The fourth-order valence-electron chi connectivity index (χ4n) is 1.51. The predicted octanol–water partition coefficient (Wildman–Crippen LogP) is 2.50. The van der Waals surface area contributed by atoms with Crippen LogP contribution in [0.5, 0.6) is 0 Å². The van der Waals surface area contributed by atoms with Crippen LogP contribution in [-0.4, -0.2) is 17.2 Å². The molecular weight excluding hydrogens is 198 g/mol. The third-order valence-electron chi connectivity index (χ3n) is 2.42. The van der Waals surface area contributed by atoms with E-state index in [0.717, 1.165) is 21.6 Å². The number of nitrogens with one attached hydrogen (secondary N) is 2. The second kappa shape index (κ2) is 3.59. The summed E-state index contributed by atoms with van der Waals surface area (Å²) in [6.45, 7) is 2.07. The lowest BCUT2D eigenvalue weighted by atomic mass is 10.1. The van der Waals surface area contributed by atoms with Gasteiger partial charge in [0.25, 0.3) is 0 Å². The molecular formula is C10H12ClN3. The van der Waals surface area contributed by atoms with E-state index in [1.165, 1.54) is 0 Å². The molecule has 1 unspecified atom stereocenters. The Morgan fingerprint density at radius 3 is 3.00 bits per heavy atom. The van der Waals surface area contributed by atoms with E-state index >= 15 is 0 Å². The van der Waals surface area contributed by atoms with Crippen molar-refractivity contribution in [3.8, 4) is 0 Å². The average molecular weight is 210 g/mol. The number of rotatable bonds is 2. The van der Waals surface area contributed by atoms with Gasteiger partial charge in [-0.2, -0.15) is 5.10 Å². The monoisotopic (exact) mass is 209 g/mol. The van der Waals surface area contributed by atoms with Crippen molar-refractivity contribution in [3.05, 3.63) is 28.9 Å². The molecule has 0 aliphatic heterocycles. The molecule has 0 spiro atoms. The maximum absolute atomic E-state index is 6.12. The van der Waals surface area contributed by atoms with Crippen molar-refractivity contribution in [2.24, 2.45) is 0 Å². The van der Waals surface area contributed by atoms with Crippen LogP contribution < -0.4 is 5.32 Å². The number of hydrogen-bond donors (Lipinski definition) is 2. The normalized spacial score (nSPS) is 13.4. The maximum atomic E-state index is 6.12. The Bertz CT molecular complexity index is 450. The summed E-state index contributed by atoms with van der Waals surface area (Å²) in [7, 11) is 1.91. The molecule has 0 bridgehead atoms. The Hall–Kier alpha value is -1.06. The highest BCUT2D eigenvalue weighted by Crippen LogP contribution is 2.28.